The van der Waals surface area contributed by atoms with E-state index in [4.69, 9.17) is 0 Å². The first-order chi connectivity index (χ1) is 11.1. The summed E-state index contributed by atoms with van der Waals surface area (Å²) in [6, 6.07) is 2.30. The van der Waals surface area contributed by atoms with Crippen molar-refractivity contribution >= 4 is 25.8 Å². The van der Waals surface area contributed by atoms with Crippen molar-refractivity contribution in [3.8, 4) is 0 Å². The Balaban J connectivity index is 2.12. The normalized spacial score (nSPS) is 16.4. The van der Waals surface area contributed by atoms with E-state index in [1.165, 1.54) is 13.1 Å². The van der Waals surface area contributed by atoms with E-state index in [-0.39, 0.29) is 22.4 Å². The Bertz CT molecular complexity index is 799. The summed E-state index contributed by atoms with van der Waals surface area (Å²) in [5.74, 6) is -0.275. The molecule has 134 valence electrons. The number of aromatic nitrogens is 1. The summed E-state index contributed by atoms with van der Waals surface area (Å²) in [4.78, 5) is 17.3. The molecule has 1 aliphatic rings. The summed E-state index contributed by atoms with van der Waals surface area (Å²) >= 11 is 0. The van der Waals surface area contributed by atoms with Gasteiger partial charge in [0.05, 0.1) is 6.54 Å². The molecule has 0 aromatic carbocycles. The highest BCUT2D eigenvalue weighted by Gasteiger charge is 2.26. The number of nitrogens with zero attached hydrogens (tertiary/aromatic N) is 3. The molecule has 0 radical (unpaired) electrons. The topological polar surface area (TPSA) is 117 Å². The smallest absolute Gasteiger partial charge is 0.244 e. The Labute approximate surface area is 141 Å². The zero-order valence-corrected chi connectivity index (χ0v) is 15.1. The van der Waals surface area contributed by atoms with Crippen molar-refractivity contribution in [1.82, 2.24) is 19.5 Å². The van der Waals surface area contributed by atoms with Gasteiger partial charge < -0.3 is 10.2 Å². The summed E-state index contributed by atoms with van der Waals surface area (Å²) in [7, 11) is -6.12. The van der Waals surface area contributed by atoms with Gasteiger partial charge in [0.2, 0.25) is 15.9 Å². The van der Waals surface area contributed by atoms with Crippen LogP contribution in [0.3, 0.4) is 0 Å². The highest BCUT2D eigenvalue weighted by molar-refractivity contribution is 7.90. The Morgan fingerprint density at radius 1 is 1.25 bits per heavy atom. The van der Waals surface area contributed by atoms with Crippen LogP contribution in [0.4, 0.5) is 0 Å². The van der Waals surface area contributed by atoms with Crippen molar-refractivity contribution in [3.63, 3.8) is 0 Å². The molecule has 0 bridgehead atoms. The predicted molar refractivity (Wildman–Crippen MR) is 86.6 cm³/mol. The molecule has 1 N–H and O–H groups in total. The van der Waals surface area contributed by atoms with E-state index in [1.54, 1.807) is 4.90 Å². The third-order valence-electron chi connectivity index (χ3n) is 3.62. The van der Waals surface area contributed by atoms with E-state index < -0.39 is 19.9 Å². The van der Waals surface area contributed by atoms with Crippen LogP contribution in [0.1, 0.15) is 0 Å². The zero-order valence-electron chi connectivity index (χ0n) is 13.5. The fourth-order valence-corrected chi connectivity index (χ4v) is 3.83. The van der Waals surface area contributed by atoms with Crippen molar-refractivity contribution in [2.24, 2.45) is 0 Å². The summed E-state index contributed by atoms with van der Waals surface area (Å²) in [6.45, 7) is 2.16. The number of piperazine rings is 1. The minimum atomic E-state index is -3.92. The van der Waals surface area contributed by atoms with E-state index in [0.29, 0.717) is 26.2 Å². The van der Waals surface area contributed by atoms with Gasteiger partial charge in [0.15, 0.2) is 14.9 Å². The maximum atomic E-state index is 12.5. The molecule has 2 rings (SSSR count). The molecule has 9 nitrogen and oxygen atoms in total. The molecular formula is C13H20N4O5S2. The number of rotatable bonds is 5. The number of carbonyl (C=O) groups excluding carboxylic acids is 1. The van der Waals surface area contributed by atoms with Gasteiger partial charge in [-0.05, 0) is 12.1 Å². The molecule has 0 spiro atoms. The number of likely N-dealkylation sites (N-methyl/N-ethyl adjacent to an activating group) is 1. The van der Waals surface area contributed by atoms with E-state index in [0.717, 1.165) is 22.8 Å². The second kappa shape index (κ2) is 7.13. The minimum Gasteiger partial charge on any atom is -0.339 e. The molecule has 1 aliphatic heterocycles. The lowest BCUT2D eigenvalue weighted by Crippen LogP contribution is -2.49. The lowest BCUT2D eigenvalue weighted by molar-refractivity contribution is -0.131. The third kappa shape index (κ3) is 4.29. The van der Waals surface area contributed by atoms with Crippen LogP contribution in [0.2, 0.25) is 0 Å². The molecule has 0 saturated carbocycles. The number of hydrogen-bond acceptors (Lipinski definition) is 7. The van der Waals surface area contributed by atoms with Crippen molar-refractivity contribution in [2.45, 2.75) is 9.92 Å². The first-order valence-corrected chi connectivity index (χ1v) is 10.6. The Hall–Kier alpha value is -1.56. The van der Waals surface area contributed by atoms with Crippen molar-refractivity contribution in [2.75, 3.05) is 46.0 Å². The highest BCUT2D eigenvalue weighted by atomic mass is 32.2. The lowest BCUT2D eigenvalue weighted by atomic mass is 10.3. The SMILES string of the molecule is CN(CC(=O)N1CCNCC1)S(=O)(=O)c1ccc(S(C)(=O)=O)nc1. The summed E-state index contributed by atoms with van der Waals surface area (Å²) in [5, 5.41) is 2.91. The average Bonchev–Trinajstić information content (AvgIpc) is 2.54. The van der Waals surface area contributed by atoms with Gasteiger partial charge in [0.25, 0.3) is 0 Å². The first kappa shape index (κ1) is 18.8. The fraction of sp³-hybridized carbons (Fsp3) is 0.538. The van der Waals surface area contributed by atoms with Crippen LogP contribution in [0.5, 0.6) is 0 Å². The van der Waals surface area contributed by atoms with Gasteiger partial charge in [-0.3, -0.25) is 4.79 Å². The monoisotopic (exact) mass is 376 g/mol. The van der Waals surface area contributed by atoms with Crippen LogP contribution in [-0.4, -0.2) is 83.0 Å². The van der Waals surface area contributed by atoms with E-state index in [2.05, 4.69) is 10.3 Å². The Morgan fingerprint density at radius 2 is 1.88 bits per heavy atom. The van der Waals surface area contributed by atoms with Crippen LogP contribution in [0.15, 0.2) is 28.3 Å². The minimum absolute atomic E-state index is 0.162. The Morgan fingerprint density at radius 3 is 2.38 bits per heavy atom. The van der Waals surface area contributed by atoms with Gasteiger partial charge in [-0.25, -0.2) is 21.8 Å². The second-order valence-corrected chi connectivity index (χ2v) is 9.50. The summed E-state index contributed by atoms with van der Waals surface area (Å²) < 4.78 is 48.6. The molecule has 0 atom stereocenters. The number of nitrogens with one attached hydrogen (secondary N) is 1. The maximum Gasteiger partial charge on any atom is 0.244 e. The number of carbonyl (C=O) groups is 1. The lowest BCUT2D eigenvalue weighted by Gasteiger charge is -2.29. The standard InChI is InChI=1S/C13H20N4O5S2/c1-16(10-13(18)17-7-5-14-6-8-17)24(21,22)11-3-4-12(15-9-11)23(2,19)20/h3-4,9,14H,5-8,10H2,1-2H3. The highest BCUT2D eigenvalue weighted by Crippen LogP contribution is 2.15. The predicted octanol–water partition coefficient (Wildman–Crippen LogP) is -1.46. The van der Waals surface area contributed by atoms with Gasteiger partial charge in [-0.2, -0.15) is 4.31 Å². The third-order valence-corrected chi connectivity index (χ3v) is 6.41. The molecule has 2 heterocycles. The van der Waals surface area contributed by atoms with E-state index in [9.17, 15) is 21.6 Å². The Kier molecular flexibility index (Phi) is 5.58. The summed E-state index contributed by atoms with van der Waals surface area (Å²) in [5.41, 5.74) is 0. The second-order valence-electron chi connectivity index (χ2n) is 5.50. The molecule has 11 heteroatoms. The maximum absolute atomic E-state index is 12.5. The molecule has 1 aromatic rings. The van der Waals surface area contributed by atoms with Crippen molar-refractivity contribution in [3.05, 3.63) is 18.3 Å². The van der Waals surface area contributed by atoms with Crippen molar-refractivity contribution < 1.29 is 21.6 Å². The van der Waals surface area contributed by atoms with Crippen LogP contribution in [0.25, 0.3) is 0 Å². The quantitative estimate of drug-likeness (QED) is 0.667. The van der Waals surface area contributed by atoms with E-state index >= 15 is 0 Å². The largest absolute Gasteiger partial charge is 0.339 e. The molecule has 1 aromatic heterocycles. The average molecular weight is 376 g/mol. The number of hydrogen-bond donors (Lipinski definition) is 1. The molecule has 1 fully saturated rings. The number of pyridine rings is 1. The zero-order chi connectivity index (χ0) is 18.0. The van der Waals surface area contributed by atoms with Crippen LogP contribution >= 0.6 is 0 Å². The molecule has 24 heavy (non-hydrogen) atoms. The van der Waals surface area contributed by atoms with Crippen LogP contribution < -0.4 is 5.32 Å². The fourth-order valence-electron chi connectivity index (χ4n) is 2.21. The van der Waals surface area contributed by atoms with Gasteiger partial charge in [-0.15, -0.1) is 0 Å². The van der Waals surface area contributed by atoms with Crippen LogP contribution in [0, 0.1) is 0 Å². The molecule has 1 amide bonds. The number of sulfone groups is 1. The van der Waals surface area contributed by atoms with Crippen molar-refractivity contribution in [1.29, 1.82) is 0 Å². The number of amides is 1. The molecule has 0 aliphatic carbocycles. The summed E-state index contributed by atoms with van der Waals surface area (Å²) in [6.07, 6.45) is 1.97. The van der Waals surface area contributed by atoms with Gasteiger partial charge in [-0.1, -0.05) is 0 Å². The van der Waals surface area contributed by atoms with Crippen LogP contribution in [-0.2, 0) is 24.7 Å². The number of sulfonamides is 1. The first-order valence-electron chi connectivity index (χ1n) is 7.23. The van der Waals surface area contributed by atoms with Gasteiger partial charge in [0, 0.05) is 45.7 Å². The van der Waals surface area contributed by atoms with E-state index in [1.807, 2.05) is 0 Å². The van der Waals surface area contributed by atoms with Gasteiger partial charge >= 0.3 is 0 Å². The molecular weight excluding hydrogens is 356 g/mol. The van der Waals surface area contributed by atoms with Gasteiger partial charge in [0.1, 0.15) is 4.90 Å². The molecule has 1 saturated heterocycles. The molecule has 0 unspecified atom stereocenters.